The summed E-state index contributed by atoms with van der Waals surface area (Å²) in [4.78, 5) is 15.7. The molecule has 0 heterocycles. The van der Waals surface area contributed by atoms with E-state index in [-0.39, 0.29) is 18.2 Å². The van der Waals surface area contributed by atoms with Gasteiger partial charge in [0.1, 0.15) is 5.75 Å². The number of nitrogens with one attached hydrogen (secondary N) is 3. The van der Waals surface area contributed by atoms with E-state index in [0.717, 1.165) is 5.56 Å². The molecule has 0 radical (unpaired) electrons. The molecular weight excluding hydrogens is 390 g/mol. The number of hydrogen-bond donors (Lipinski definition) is 3. The number of benzene rings is 2. The number of carbonyl (C=O) groups excluding carboxylic acids is 1. The molecule has 28 heavy (non-hydrogen) atoms. The lowest BCUT2D eigenvalue weighted by Gasteiger charge is -2.15. The molecule has 0 saturated heterocycles. The summed E-state index contributed by atoms with van der Waals surface area (Å²) < 4.78 is 29.6. The van der Waals surface area contributed by atoms with Gasteiger partial charge in [-0.15, -0.1) is 0 Å². The maximum Gasteiger partial charge on any atom is 0.387 e. The second-order valence-corrected chi connectivity index (χ2v) is 6.12. The van der Waals surface area contributed by atoms with Crippen LogP contribution < -0.4 is 20.7 Å². The first-order valence-electron chi connectivity index (χ1n) is 8.41. The summed E-state index contributed by atoms with van der Waals surface area (Å²) in [5.41, 5.74) is 1.99. The maximum atomic E-state index is 12.5. The van der Waals surface area contributed by atoms with E-state index in [2.05, 4.69) is 25.7 Å². The normalized spacial score (nSPS) is 11.3. The van der Waals surface area contributed by atoms with Crippen molar-refractivity contribution >= 4 is 23.5 Å². The molecule has 2 aromatic carbocycles. The SMILES string of the molecule is CN=C(NCc1ccc(C(=O)NC)cc1)NCc1cc(Cl)ccc1OC(F)F. The van der Waals surface area contributed by atoms with E-state index in [1.165, 1.54) is 12.1 Å². The van der Waals surface area contributed by atoms with Crippen LogP contribution in [0.5, 0.6) is 5.75 Å². The summed E-state index contributed by atoms with van der Waals surface area (Å²) in [6.07, 6.45) is 0. The van der Waals surface area contributed by atoms with Crippen molar-refractivity contribution in [3.63, 3.8) is 0 Å². The molecule has 0 bridgehead atoms. The molecule has 0 aliphatic rings. The van der Waals surface area contributed by atoms with Gasteiger partial charge in [-0.3, -0.25) is 9.79 Å². The molecule has 0 aliphatic heterocycles. The highest BCUT2D eigenvalue weighted by Crippen LogP contribution is 2.24. The average Bonchev–Trinajstić information content (AvgIpc) is 2.69. The number of amides is 1. The van der Waals surface area contributed by atoms with Crippen LogP contribution in [0.3, 0.4) is 0 Å². The Kier molecular flexibility index (Phi) is 8.01. The summed E-state index contributed by atoms with van der Waals surface area (Å²) in [5.74, 6) is 0.367. The van der Waals surface area contributed by atoms with Crippen molar-refractivity contribution in [2.24, 2.45) is 4.99 Å². The van der Waals surface area contributed by atoms with E-state index in [0.29, 0.717) is 28.7 Å². The van der Waals surface area contributed by atoms with Gasteiger partial charge in [-0.25, -0.2) is 0 Å². The maximum absolute atomic E-state index is 12.5. The number of hydrogen-bond acceptors (Lipinski definition) is 3. The van der Waals surface area contributed by atoms with Gasteiger partial charge in [0, 0.05) is 43.3 Å². The van der Waals surface area contributed by atoms with Crippen LogP contribution in [0.2, 0.25) is 5.02 Å². The third-order valence-electron chi connectivity index (χ3n) is 3.81. The lowest BCUT2D eigenvalue weighted by molar-refractivity contribution is -0.0504. The standard InChI is InChI=1S/C19H21ClF2N4O2/c1-23-17(27)13-5-3-12(4-6-13)10-25-19(24-2)26-11-14-9-15(20)7-8-16(14)28-18(21)22/h3-9,18H,10-11H2,1-2H3,(H,23,27)(H2,24,25,26). The van der Waals surface area contributed by atoms with E-state index in [1.807, 2.05) is 12.1 Å². The van der Waals surface area contributed by atoms with E-state index in [1.54, 1.807) is 32.3 Å². The Labute approximate surface area is 166 Å². The number of guanidine groups is 1. The van der Waals surface area contributed by atoms with Crippen LogP contribution in [0.25, 0.3) is 0 Å². The lowest BCUT2D eigenvalue weighted by Crippen LogP contribution is -2.36. The van der Waals surface area contributed by atoms with Crippen LogP contribution in [-0.4, -0.2) is 32.6 Å². The zero-order valence-electron chi connectivity index (χ0n) is 15.4. The molecule has 2 aromatic rings. The Morgan fingerprint density at radius 3 is 2.43 bits per heavy atom. The van der Waals surface area contributed by atoms with Crippen LogP contribution in [0.15, 0.2) is 47.5 Å². The molecule has 0 aliphatic carbocycles. The van der Waals surface area contributed by atoms with Crippen LogP contribution in [0.4, 0.5) is 8.78 Å². The molecule has 2 rings (SSSR count). The molecule has 3 N–H and O–H groups in total. The van der Waals surface area contributed by atoms with Gasteiger partial charge in [0.05, 0.1) is 0 Å². The number of aliphatic imine (C=N–C) groups is 1. The highest BCUT2D eigenvalue weighted by Gasteiger charge is 2.11. The van der Waals surface area contributed by atoms with E-state index in [9.17, 15) is 13.6 Å². The largest absolute Gasteiger partial charge is 0.434 e. The Hall–Kier alpha value is -2.87. The predicted octanol–water partition coefficient (Wildman–Crippen LogP) is 3.17. The molecule has 0 spiro atoms. The van der Waals surface area contributed by atoms with Crippen LogP contribution in [-0.2, 0) is 13.1 Å². The fraction of sp³-hybridized carbons (Fsp3) is 0.263. The van der Waals surface area contributed by atoms with E-state index in [4.69, 9.17) is 11.6 Å². The lowest BCUT2D eigenvalue weighted by atomic mass is 10.1. The Morgan fingerprint density at radius 1 is 1.14 bits per heavy atom. The van der Waals surface area contributed by atoms with Crippen LogP contribution in [0.1, 0.15) is 21.5 Å². The van der Waals surface area contributed by atoms with Crippen molar-refractivity contribution in [3.05, 3.63) is 64.2 Å². The molecule has 0 atom stereocenters. The number of halogens is 3. The van der Waals surface area contributed by atoms with E-state index >= 15 is 0 Å². The van der Waals surface area contributed by atoms with Gasteiger partial charge in [0.15, 0.2) is 5.96 Å². The van der Waals surface area contributed by atoms with Gasteiger partial charge < -0.3 is 20.7 Å². The van der Waals surface area contributed by atoms with Crippen LogP contribution >= 0.6 is 11.6 Å². The molecule has 0 fully saturated rings. The molecule has 150 valence electrons. The molecule has 0 saturated carbocycles. The number of carbonyl (C=O) groups is 1. The third kappa shape index (κ3) is 6.38. The number of ether oxygens (including phenoxy) is 1. The zero-order valence-corrected chi connectivity index (χ0v) is 16.2. The van der Waals surface area contributed by atoms with Crippen molar-refractivity contribution < 1.29 is 18.3 Å². The number of nitrogens with zero attached hydrogens (tertiary/aromatic N) is 1. The minimum absolute atomic E-state index is 0.0483. The molecule has 9 heteroatoms. The minimum atomic E-state index is -2.92. The second-order valence-electron chi connectivity index (χ2n) is 5.69. The first-order valence-corrected chi connectivity index (χ1v) is 8.79. The minimum Gasteiger partial charge on any atom is -0.434 e. The zero-order chi connectivity index (χ0) is 20.5. The summed E-state index contributed by atoms with van der Waals surface area (Å²) in [6.45, 7) is -2.27. The monoisotopic (exact) mass is 410 g/mol. The molecule has 0 aromatic heterocycles. The highest BCUT2D eigenvalue weighted by atomic mass is 35.5. The van der Waals surface area contributed by atoms with Crippen molar-refractivity contribution in [2.45, 2.75) is 19.7 Å². The van der Waals surface area contributed by atoms with Crippen LogP contribution in [0, 0.1) is 0 Å². The molecule has 1 amide bonds. The summed E-state index contributed by atoms with van der Waals surface area (Å²) in [5, 5.41) is 9.11. The summed E-state index contributed by atoms with van der Waals surface area (Å²) >= 11 is 5.94. The highest BCUT2D eigenvalue weighted by molar-refractivity contribution is 6.30. The third-order valence-corrected chi connectivity index (χ3v) is 4.05. The van der Waals surface area contributed by atoms with E-state index < -0.39 is 6.61 Å². The smallest absolute Gasteiger partial charge is 0.387 e. The fourth-order valence-corrected chi connectivity index (χ4v) is 2.60. The Balaban J connectivity index is 1.95. The first kappa shape index (κ1) is 21.4. The summed E-state index contributed by atoms with van der Waals surface area (Å²) in [7, 11) is 3.17. The molecular formula is C19H21ClF2N4O2. The Bertz CT molecular complexity index is 829. The quantitative estimate of drug-likeness (QED) is 0.484. The van der Waals surface area contributed by atoms with Gasteiger partial charge in [-0.05, 0) is 35.9 Å². The topological polar surface area (TPSA) is 74.8 Å². The van der Waals surface area contributed by atoms with Crippen molar-refractivity contribution in [2.75, 3.05) is 14.1 Å². The second kappa shape index (κ2) is 10.5. The number of alkyl halides is 2. The summed E-state index contributed by atoms with van der Waals surface area (Å²) in [6, 6.07) is 11.6. The van der Waals surface area contributed by atoms with Gasteiger partial charge in [0.25, 0.3) is 5.91 Å². The average molecular weight is 411 g/mol. The first-order chi connectivity index (χ1) is 13.4. The molecule has 6 nitrogen and oxygen atoms in total. The Morgan fingerprint density at radius 2 is 1.82 bits per heavy atom. The van der Waals surface area contributed by atoms with Gasteiger partial charge in [0.2, 0.25) is 0 Å². The van der Waals surface area contributed by atoms with Crippen molar-refractivity contribution in [1.29, 1.82) is 0 Å². The predicted molar refractivity (Wildman–Crippen MR) is 105 cm³/mol. The van der Waals surface area contributed by atoms with Gasteiger partial charge >= 0.3 is 6.61 Å². The van der Waals surface area contributed by atoms with Gasteiger partial charge in [-0.2, -0.15) is 8.78 Å². The van der Waals surface area contributed by atoms with Crippen molar-refractivity contribution in [3.8, 4) is 5.75 Å². The fourth-order valence-electron chi connectivity index (χ4n) is 2.40. The van der Waals surface area contributed by atoms with Crippen molar-refractivity contribution in [1.82, 2.24) is 16.0 Å². The number of rotatable bonds is 7. The molecule has 0 unspecified atom stereocenters. The van der Waals surface area contributed by atoms with Gasteiger partial charge in [-0.1, -0.05) is 23.7 Å².